The van der Waals surface area contributed by atoms with Crippen molar-refractivity contribution in [1.82, 2.24) is 4.57 Å². The number of para-hydroxylation sites is 1. The van der Waals surface area contributed by atoms with Crippen LogP contribution < -0.4 is 5.73 Å². The molecule has 15 heavy (non-hydrogen) atoms. The van der Waals surface area contributed by atoms with E-state index in [1.165, 1.54) is 0 Å². The molecule has 1 unspecified atom stereocenters. The Kier molecular flexibility index (Phi) is 2.21. The average Bonchev–Trinajstić information content (AvgIpc) is 2.59. The minimum absolute atomic E-state index is 0.646. The van der Waals surface area contributed by atoms with E-state index in [0.717, 1.165) is 10.9 Å². The summed E-state index contributed by atoms with van der Waals surface area (Å²) in [5, 5.41) is 9.90. The van der Waals surface area contributed by atoms with Gasteiger partial charge in [-0.3, -0.25) is 4.79 Å². The van der Waals surface area contributed by atoms with E-state index >= 15 is 0 Å². The first-order chi connectivity index (χ1) is 7.11. The standard InChI is InChI=1S/C11H12N2O2/c1-13-6-5-7-3-2-4-8(10(7)13)9(12)11(14)15/h2-6,9H,12H2,1H3,(H,14,15). The van der Waals surface area contributed by atoms with Gasteiger partial charge >= 0.3 is 5.97 Å². The summed E-state index contributed by atoms with van der Waals surface area (Å²) in [7, 11) is 1.88. The van der Waals surface area contributed by atoms with Gasteiger partial charge in [0.05, 0.1) is 5.52 Å². The van der Waals surface area contributed by atoms with Crippen molar-refractivity contribution >= 4 is 16.9 Å². The summed E-state index contributed by atoms with van der Waals surface area (Å²) in [6, 6.07) is 6.48. The van der Waals surface area contributed by atoms with Crippen LogP contribution in [0.2, 0.25) is 0 Å². The van der Waals surface area contributed by atoms with Crippen molar-refractivity contribution in [2.75, 3.05) is 0 Å². The molecule has 0 saturated carbocycles. The average molecular weight is 204 g/mol. The molecule has 1 aromatic carbocycles. The lowest BCUT2D eigenvalue weighted by Gasteiger charge is -2.09. The summed E-state index contributed by atoms with van der Waals surface area (Å²) in [5.74, 6) is -1.01. The van der Waals surface area contributed by atoms with E-state index < -0.39 is 12.0 Å². The van der Waals surface area contributed by atoms with Crippen molar-refractivity contribution in [3.8, 4) is 0 Å². The Morgan fingerprint density at radius 3 is 2.87 bits per heavy atom. The fourth-order valence-corrected chi connectivity index (χ4v) is 1.77. The molecule has 2 rings (SSSR count). The molecule has 0 aliphatic carbocycles. The van der Waals surface area contributed by atoms with Crippen LogP contribution in [-0.2, 0) is 11.8 Å². The number of rotatable bonds is 2. The van der Waals surface area contributed by atoms with Crippen LogP contribution in [0.4, 0.5) is 0 Å². The van der Waals surface area contributed by atoms with Crippen LogP contribution in [0.15, 0.2) is 30.5 Å². The number of carboxylic acids is 1. The Morgan fingerprint density at radius 1 is 1.47 bits per heavy atom. The first-order valence-corrected chi connectivity index (χ1v) is 4.63. The van der Waals surface area contributed by atoms with Gasteiger partial charge in [-0.15, -0.1) is 0 Å². The van der Waals surface area contributed by atoms with Gasteiger partial charge in [0.1, 0.15) is 6.04 Å². The second kappa shape index (κ2) is 3.40. The number of fused-ring (bicyclic) bond motifs is 1. The molecule has 0 spiro atoms. The van der Waals surface area contributed by atoms with Crippen LogP contribution in [0.1, 0.15) is 11.6 Å². The van der Waals surface area contributed by atoms with E-state index in [9.17, 15) is 4.79 Å². The molecule has 1 atom stereocenters. The molecular formula is C11H12N2O2. The maximum Gasteiger partial charge on any atom is 0.325 e. The van der Waals surface area contributed by atoms with Crippen LogP contribution in [0.3, 0.4) is 0 Å². The number of carbonyl (C=O) groups is 1. The van der Waals surface area contributed by atoms with Gasteiger partial charge in [-0.2, -0.15) is 0 Å². The van der Waals surface area contributed by atoms with Crippen molar-refractivity contribution in [3.05, 3.63) is 36.0 Å². The molecule has 78 valence electrons. The summed E-state index contributed by atoms with van der Waals surface area (Å²) in [6.07, 6.45) is 1.89. The summed E-state index contributed by atoms with van der Waals surface area (Å²) in [6.45, 7) is 0. The van der Waals surface area contributed by atoms with Crippen LogP contribution in [0, 0.1) is 0 Å². The number of aryl methyl sites for hydroxylation is 1. The molecule has 0 radical (unpaired) electrons. The van der Waals surface area contributed by atoms with Crippen LogP contribution in [-0.4, -0.2) is 15.6 Å². The SMILES string of the molecule is Cn1ccc2cccc(C(N)C(=O)O)c21. The van der Waals surface area contributed by atoms with Crippen LogP contribution in [0.25, 0.3) is 10.9 Å². The molecule has 4 heteroatoms. The number of hydrogen-bond donors (Lipinski definition) is 2. The number of hydrogen-bond acceptors (Lipinski definition) is 2. The second-order valence-electron chi connectivity index (χ2n) is 3.53. The monoisotopic (exact) mass is 204 g/mol. The predicted molar refractivity (Wildman–Crippen MR) is 57.5 cm³/mol. The summed E-state index contributed by atoms with van der Waals surface area (Å²) >= 11 is 0. The lowest BCUT2D eigenvalue weighted by molar-refractivity contribution is -0.138. The highest BCUT2D eigenvalue weighted by Gasteiger charge is 2.17. The topological polar surface area (TPSA) is 68.2 Å². The fraction of sp³-hybridized carbons (Fsp3) is 0.182. The van der Waals surface area contributed by atoms with Crippen molar-refractivity contribution in [3.63, 3.8) is 0 Å². The summed E-state index contributed by atoms with van der Waals surface area (Å²) < 4.78 is 1.88. The predicted octanol–water partition coefficient (Wildman–Crippen LogP) is 1.26. The van der Waals surface area contributed by atoms with Gasteiger partial charge < -0.3 is 15.4 Å². The highest BCUT2D eigenvalue weighted by Crippen LogP contribution is 2.23. The third-order valence-electron chi connectivity index (χ3n) is 2.53. The van der Waals surface area contributed by atoms with Gasteiger partial charge in [0.15, 0.2) is 0 Å². The summed E-state index contributed by atoms with van der Waals surface area (Å²) in [5.41, 5.74) is 7.15. The zero-order valence-electron chi connectivity index (χ0n) is 8.34. The minimum Gasteiger partial charge on any atom is -0.480 e. The Balaban J connectivity index is 2.69. The quantitative estimate of drug-likeness (QED) is 0.773. The van der Waals surface area contributed by atoms with Crippen molar-refractivity contribution in [1.29, 1.82) is 0 Å². The largest absolute Gasteiger partial charge is 0.480 e. The molecule has 0 aliphatic heterocycles. The first-order valence-electron chi connectivity index (χ1n) is 4.63. The molecule has 3 N–H and O–H groups in total. The Morgan fingerprint density at radius 2 is 2.20 bits per heavy atom. The number of nitrogens with two attached hydrogens (primary N) is 1. The Hall–Kier alpha value is -1.81. The molecule has 4 nitrogen and oxygen atoms in total. The molecule has 0 amide bonds. The van der Waals surface area contributed by atoms with Crippen molar-refractivity contribution in [2.24, 2.45) is 12.8 Å². The lowest BCUT2D eigenvalue weighted by atomic mass is 10.0. The van der Waals surface area contributed by atoms with Crippen LogP contribution >= 0.6 is 0 Å². The summed E-state index contributed by atoms with van der Waals surface area (Å²) in [4.78, 5) is 10.8. The lowest BCUT2D eigenvalue weighted by Crippen LogP contribution is -2.21. The van der Waals surface area contributed by atoms with E-state index in [4.69, 9.17) is 10.8 Å². The molecule has 0 aliphatic rings. The number of aromatic nitrogens is 1. The molecule has 2 aromatic rings. The molecular weight excluding hydrogens is 192 g/mol. The van der Waals surface area contributed by atoms with E-state index in [1.54, 1.807) is 6.07 Å². The second-order valence-corrected chi connectivity index (χ2v) is 3.53. The maximum atomic E-state index is 10.8. The van der Waals surface area contributed by atoms with Gasteiger partial charge in [0, 0.05) is 18.8 Å². The molecule has 0 fully saturated rings. The van der Waals surface area contributed by atoms with E-state index in [1.807, 2.05) is 36.0 Å². The zero-order chi connectivity index (χ0) is 11.0. The number of nitrogens with zero attached hydrogens (tertiary/aromatic N) is 1. The first kappa shape index (κ1) is 9.73. The number of aliphatic carboxylic acids is 1. The maximum absolute atomic E-state index is 10.8. The zero-order valence-corrected chi connectivity index (χ0v) is 8.34. The van der Waals surface area contributed by atoms with Gasteiger partial charge in [-0.05, 0) is 11.5 Å². The van der Waals surface area contributed by atoms with E-state index in [2.05, 4.69) is 0 Å². The smallest absolute Gasteiger partial charge is 0.325 e. The highest BCUT2D eigenvalue weighted by molar-refractivity contribution is 5.88. The van der Waals surface area contributed by atoms with Gasteiger partial charge in [-0.1, -0.05) is 18.2 Å². The van der Waals surface area contributed by atoms with Crippen molar-refractivity contribution in [2.45, 2.75) is 6.04 Å². The third kappa shape index (κ3) is 1.49. The molecule has 0 saturated heterocycles. The Labute approximate surface area is 86.9 Å². The molecule has 1 aromatic heterocycles. The van der Waals surface area contributed by atoms with Crippen LogP contribution in [0.5, 0.6) is 0 Å². The van der Waals surface area contributed by atoms with Gasteiger partial charge in [0.25, 0.3) is 0 Å². The normalized spacial score (nSPS) is 12.9. The number of carboxylic acid groups (broad SMARTS) is 1. The fourth-order valence-electron chi connectivity index (χ4n) is 1.77. The Bertz CT molecular complexity index is 516. The number of benzene rings is 1. The minimum atomic E-state index is -1.01. The van der Waals surface area contributed by atoms with Gasteiger partial charge in [0.2, 0.25) is 0 Å². The molecule has 0 bridgehead atoms. The van der Waals surface area contributed by atoms with E-state index in [-0.39, 0.29) is 0 Å². The van der Waals surface area contributed by atoms with Crippen molar-refractivity contribution < 1.29 is 9.90 Å². The molecule has 1 heterocycles. The van der Waals surface area contributed by atoms with Gasteiger partial charge in [-0.25, -0.2) is 0 Å². The van der Waals surface area contributed by atoms with E-state index in [0.29, 0.717) is 5.56 Å². The highest BCUT2D eigenvalue weighted by atomic mass is 16.4. The third-order valence-corrected chi connectivity index (χ3v) is 2.53.